The van der Waals surface area contributed by atoms with E-state index >= 15 is 0 Å². The van der Waals surface area contributed by atoms with Gasteiger partial charge in [0, 0.05) is 6.20 Å². The Morgan fingerprint density at radius 2 is 1.95 bits per heavy atom. The number of nitriles is 2. The number of hydrogen-bond donors (Lipinski definition) is 2. The summed E-state index contributed by atoms with van der Waals surface area (Å²) in [6.07, 6.45) is -1.82. The lowest BCUT2D eigenvalue weighted by atomic mass is 10.0. The molecule has 0 spiro atoms. The van der Waals surface area contributed by atoms with E-state index in [9.17, 15) is 33.3 Å². The van der Waals surface area contributed by atoms with Gasteiger partial charge in [-0.3, -0.25) is 9.59 Å². The van der Waals surface area contributed by atoms with Gasteiger partial charge in [-0.15, -0.1) is 10.2 Å². The summed E-state index contributed by atoms with van der Waals surface area (Å²) in [6, 6.07) is 10.4. The summed E-state index contributed by atoms with van der Waals surface area (Å²) >= 11 is 6.31. The third kappa shape index (κ3) is 6.29. The lowest BCUT2D eigenvalue weighted by Crippen LogP contribution is -2.36. The van der Waals surface area contributed by atoms with E-state index in [0.717, 1.165) is 17.5 Å². The maximum absolute atomic E-state index is 13.7. The molecule has 1 fully saturated rings. The third-order valence-electron chi connectivity index (χ3n) is 6.41. The van der Waals surface area contributed by atoms with Crippen molar-refractivity contribution in [1.29, 1.82) is 10.5 Å². The van der Waals surface area contributed by atoms with Crippen molar-refractivity contribution in [3.8, 4) is 18.0 Å². The molecule has 0 radical (unpaired) electrons. The summed E-state index contributed by atoms with van der Waals surface area (Å²) < 4.78 is 39.9. The zero-order chi connectivity index (χ0) is 30.9. The number of hydrogen-bond acceptors (Lipinski definition) is 9. The Morgan fingerprint density at radius 1 is 1.19 bits per heavy atom. The average molecular weight is 610 g/mol. The van der Waals surface area contributed by atoms with Crippen LogP contribution in [0.4, 0.5) is 18.9 Å². The molecular weight excluding hydrogens is 591 g/mol. The van der Waals surface area contributed by atoms with Gasteiger partial charge in [-0.05, 0) is 66.8 Å². The van der Waals surface area contributed by atoms with Crippen LogP contribution in [0.1, 0.15) is 56.3 Å². The third-order valence-corrected chi connectivity index (χ3v) is 6.70. The Kier molecular flexibility index (Phi) is 7.79. The molecule has 4 aromatic rings. The Morgan fingerprint density at radius 3 is 2.58 bits per heavy atom. The van der Waals surface area contributed by atoms with Gasteiger partial charge in [0.25, 0.3) is 17.6 Å². The molecule has 0 aliphatic heterocycles. The van der Waals surface area contributed by atoms with Crippen LogP contribution in [0.5, 0.6) is 0 Å². The van der Waals surface area contributed by atoms with E-state index in [2.05, 4.69) is 42.2 Å². The van der Waals surface area contributed by atoms with E-state index in [-0.39, 0.29) is 51.5 Å². The van der Waals surface area contributed by atoms with Crippen LogP contribution in [0, 0.1) is 35.5 Å². The van der Waals surface area contributed by atoms with Crippen LogP contribution in [0.15, 0.2) is 36.5 Å². The molecule has 0 saturated heterocycles. The highest BCUT2D eigenvalue weighted by Gasteiger charge is 2.37. The van der Waals surface area contributed by atoms with Gasteiger partial charge in [0.1, 0.15) is 18.3 Å². The van der Waals surface area contributed by atoms with Crippen molar-refractivity contribution in [1.82, 2.24) is 40.3 Å². The van der Waals surface area contributed by atoms with Gasteiger partial charge in [-0.1, -0.05) is 11.6 Å². The molecule has 13 nitrogen and oxygen atoms in total. The van der Waals surface area contributed by atoms with E-state index in [1.807, 2.05) is 6.07 Å². The number of aryl methyl sites for hydroxylation is 1. The van der Waals surface area contributed by atoms with Crippen molar-refractivity contribution in [2.24, 2.45) is 5.92 Å². The van der Waals surface area contributed by atoms with Crippen LogP contribution in [-0.4, -0.2) is 52.8 Å². The molecule has 1 aromatic carbocycles. The topological polar surface area (TPSA) is 180 Å². The summed E-state index contributed by atoms with van der Waals surface area (Å²) in [4.78, 5) is 31.8. The summed E-state index contributed by atoms with van der Waals surface area (Å²) in [5, 5.41) is 38.4. The van der Waals surface area contributed by atoms with Gasteiger partial charge in [0.15, 0.2) is 5.82 Å². The number of pyridine rings is 1. The number of nitrogens with zero attached hydrogens (tertiary/aromatic N) is 9. The second-order valence-electron chi connectivity index (χ2n) is 9.58. The second-order valence-corrected chi connectivity index (χ2v) is 9.99. The van der Waals surface area contributed by atoms with E-state index in [1.54, 1.807) is 13.0 Å². The van der Waals surface area contributed by atoms with Gasteiger partial charge in [-0.25, -0.2) is 9.67 Å². The van der Waals surface area contributed by atoms with Gasteiger partial charge in [0.05, 0.1) is 39.7 Å². The van der Waals surface area contributed by atoms with Crippen molar-refractivity contribution >= 4 is 29.1 Å². The molecule has 218 valence electrons. The van der Waals surface area contributed by atoms with Crippen LogP contribution < -0.4 is 10.6 Å². The first-order valence-corrected chi connectivity index (χ1v) is 13.0. The highest BCUT2D eigenvalue weighted by molar-refractivity contribution is 6.32. The molecule has 1 aliphatic carbocycles. The van der Waals surface area contributed by atoms with Crippen LogP contribution in [0.2, 0.25) is 5.02 Å². The maximum Gasteiger partial charge on any atom is 0.455 e. The van der Waals surface area contributed by atoms with Crippen molar-refractivity contribution < 1.29 is 22.8 Å². The average Bonchev–Trinajstić information content (AvgIpc) is 3.55. The monoisotopic (exact) mass is 609 g/mol. The molecule has 1 aliphatic rings. The van der Waals surface area contributed by atoms with E-state index < -0.39 is 29.9 Å². The first-order valence-electron chi connectivity index (χ1n) is 12.6. The van der Waals surface area contributed by atoms with Gasteiger partial charge in [0.2, 0.25) is 0 Å². The minimum Gasteiger partial charge on any atom is -0.336 e. The van der Waals surface area contributed by atoms with Crippen LogP contribution in [0.3, 0.4) is 0 Å². The standard InChI is InChI=1S/C26H19ClF3N11O2/c1-13-7-14(10-31)8-17(23(42)34-19(11-32)15-4-5-15)21(13)35-24(43)20-9-16(12-40-38-25(36-39-40)26(28,29)30)37-41(20)22-18(27)3-2-6-33-22/h2-3,6-9,15,19H,4-5,12H2,1H3,(H,34,42)(H,35,43). The summed E-state index contributed by atoms with van der Waals surface area (Å²) in [6.45, 7) is 1.20. The number of amides is 2. The second kappa shape index (κ2) is 11.5. The van der Waals surface area contributed by atoms with Crippen LogP contribution in [0.25, 0.3) is 5.82 Å². The zero-order valence-electron chi connectivity index (χ0n) is 22.1. The fraction of sp³-hybridized carbons (Fsp3) is 0.269. The number of tetrazole rings is 1. The summed E-state index contributed by atoms with van der Waals surface area (Å²) in [5.74, 6) is -2.83. The highest BCUT2D eigenvalue weighted by Crippen LogP contribution is 2.33. The van der Waals surface area contributed by atoms with Crippen LogP contribution in [-0.2, 0) is 12.7 Å². The largest absolute Gasteiger partial charge is 0.455 e. The molecule has 0 bridgehead atoms. The first kappa shape index (κ1) is 29.2. The fourth-order valence-corrected chi connectivity index (χ4v) is 4.41. The van der Waals surface area contributed by atoms with Crippen molar-refractivity contribution in [2.45, 2.75) is 38.5 Å². The van der Waals surface area contributed by atoms with Gasteiger partial charge >= 0.3 is 6.18 Å². The molecule has 3 heterocycles. The Labute approximate surface area is 245 Å². The lowest BCUT2D eigenvalue weighted by Gasteiger charge is -2.17. The van der Waals surface area contributed by atoms with E-state index in [4.69, 9.17) is 11.6 Å². The van der Waals surface area contributed by atoms with E-state index in [1.165, 1.54) is 30.5 Å². The van der Waals surface area contributed by atoms with Crippen LogP contribution >= 0.6 is 11.6 Å². The molecular formula is C26H19ClF3N11O2. The number of rotatable bonds is 8. The predicted octanol–water partition coefficient (Wildman–Crippen LogP) is 3.44. The normalized spacial score (nSPS) is 13.6. The number of carbonyl (C=O) groups excluding carboxylic acids is 2. The molecule has 1 unspecified atom stereocenters. The lowest BCUT2D eigenvalue weighted by molar-refractivity contribution is -0.145. The number of aromatic nitrogens is 7. The summed E-state index contributed by atoms with van der Waals surface area (Å²) in [5.41, 5.74) is 0.490. The zero-order valence-corrected chi connectivity index (χ0v) is 22.8. The van der Waals surface area contributed by atoms with Gasteiger partial charge < -0.3 is 10.6 Å². The molecule has 3 aromatic heterocycles. The molecule has 1 atom stereocenters. The number of nitrogens with one attached hydrogen (secondary N) is 2. The molecule has 43 heavy (non-hydrogen) atoms. The van der Waals surface area contributed by atoms with Gasteiger partial charge in [-0.2, -0.15) is 33.6 Å². The predicted molar refractivity (Wildman–Crippen MR) is 142 cm³/mol. The highest BCUT2D eigenvalue weighted by atomic mass is 35.5. The van der Waals surface area contributed by atoms with Crippen molar-refractivity contribution in [2.75, 3.05) is 5.32 Å². The summed E-state index contributed by atoms with van der Waals surface area (Å²) in [7, 11) is 0. The molecule has 2 N–H and O–H groups in total. The maximum atomic E-state index is 13.7. The van der Waals surface area contributed by atoms with Crippen molar-refractivity contribution in [3.05, 3.63) is 75.5 Å². The molecule has 17 heteroatoms. The number of benzene rings is 1. The van der Waals surface area contributed by atoms with E-state index in [0.29, 0.717) is 10.4 Å². The first-order chi connectivity index (χ1) is 20.5. The van der Waals surface area contributed by atoms with Crippen molar-refractivity contribution in [3.63, 3.8) is 0 Å². The molecule has 2 amide bonds. The Bertz CT molecular complexity index is 1820. The minimum absolute atomic E-state index is 0.0230. The smallest absolute Gasteiger partial charge is 0.336 e. The number of halogens is 4. The fourth-order valence-electron chi connectivity index (χ4n) is 4.21. The quantitative estimate of drug-likeness (QED) is 0.302. The molecule has 1 saturated carbocycles. The number of carbonyl (C=O) groups is 2. The minimum atomic E-state index is -4.81. The number of alkyl halides is 3. The number of anilines is 1. The molecule has 5 rings (SSSR count). The Balaban J connectivity index is 1.51. The Hall–Kier alpha value is -5.35. The SMILES string of the molecule is Cc1cc(C#N)cc(C(=O)NC(C#N)C2CC2)c1NC(=O)c1cc(Cn2nnc(C(F)(F)F)n2)nn1-c1ncccc1Cl.